The lowest BCUT2D eigenvalue weighted by Gasteiger charge is -2.34. The van der Waals surface area contributed by atoms with Gasteiger partial charge in [-0.1, -0.05) is 29.8 Å². The molecule has 1 N–H and O–H groups in total. The highest BCUT2D eigenvalue weighted by Gasteiger charge is 2.21. The minimum atomic E-state index is 0.423. The fraction of sp³-hybridized carbons (Fsp3) is 0.632. The first kappa shape index (κ1) is 17.8. The second-order valence-electron chi connectivity index (χ2n) is 6.12. The van der Waals surface area contributed by atoms with E-state index in [4.69, 9.17) is 9.73 Å². The van der Waals surface area contributed by atoms with Crippen LogP contribution in [-0.2, 0) is 11.2 Å². The first-order chi connectivity index (χ1) is 11.2. The van der Waals surface area contributed by atoms with Gasteiger partial charge in [-0.3, -0.25) is 4.99 Å². The Hall–Kier alpha value is -1.55. The third-order valence-electron chi connectivity index (χ3n) is 4.22. The minimum absolute atomic E-state index is 0.423. The molecule has 0 bridgehead atoms. The zero-order valence-electron chi connectivity index (χ0n) is 14.8. The van der Waals surface area contributed by atoms with Crippen LogP contribution in [0.2, 0.25) is 0 Å². The van der Waals surface area contributed by atoms with E-state index in [-0.39, 0.29) is 0 Å². The van der Waals surface area contributed by atoms with Gasteiger partial charge in [0.1, 0.15) is 0 Å². The molecule has 1 aliphatic rings. The average molecular weight is 317 g/mol. The van der Waals surface area contributed by atoms with Gasteiger partial charge in [0.25, 0.3) is 0 Å². The van der Waals surface area contributed by atoms with E-state index < -0.39 is 0 Å². The number of piperidine rings is 1. The summed E-state index contributed by atoms with van der Waals surface area (Å²) in [4.78, 5) is 7.19. The van der Waals surface area contributed by atoms with Crippen molar-refractivity contribution in [3.63, 3.8) is 0 Å². The largest absolute Gasteiger partial charge is 0.378 e. The zero-order chi connectivity index (χ0) is 16.5. The summed E-state index contributed by atoms with van der Waals surface area (Å²) in [6.45, 7) is 11.0. The van der Waals surface area contributed by atoms with E-state index in [1.807, 2.05) is 0 Å². The molecular weight excluding hydrogens is 286 g/mol. The van der Waals surface area contributed by atoms with Crippen LogP contribution in [0, 0.1) is 6.92 Å². The lowest BCUT2D eigenvalue weighted by molar-refractivity contribution is 0.0264. The van der Waals surface area contributed by atoms with Gasteiger partial charge in [-0.2, -0.15) is 0 Å². The summed E-state index contributed by atoms with van der Waals surface area (Å²) in [5.74, 6) is 1.05. The Morgan fingerprint density at radius 3 is 2.74 bits per heavy atom. The average Bonchev–Trinajstić information content (AvgIpc) is 2.55. The smallest absolute Gasteiger partial charge is 0.193 e. The number of aliphatic imine (C=N–C) groups is 1. The van der Waals surface area contributed by atoms with Crippen molar-refractivity contribution in [1.29, 1.82) is 0 Å². The van der Waals surface area contributed by atoms with Crippen molar-refractivity contribution in [2.75, 3.05) is 32.8 Å². The van der Waals surface area contributed by atoms with Gasteiger partial charge in [0.2, 0.25) is 0 Å². The second kappa shape index (κ2) is 9.56. The van der Waals surface area contributed by atoms with E-state index in [1.165, 1.54) is 11.1 Å². The van der Waals surface area contributed by atoms with E-state index in [1.54, 1.807) is 0 Å². The number of aryl methyl sites for hydroxylation is 1. The third kappa shape index (κ3) is 5.87. The van der Waals surface area contributed by atoms with Crippen LogP contribution in [0.5, 0.6) is 0 Å². The molecule has 0 aromatic heterocycles. The number of likely N-dealkylation sites (tertiary alicyclic amines) is 1. The molecule has 0 saturated carbocycles. The molecule has 4 nitrogen and oxygen atoms in total. The molecule has 1 saturated heterocycles. The topological polar surface area (TPSA) is 36.9 Å². The van der Waals surface area contributed by atoms with Crippen molar-refractivity contribution < 1.29 is 4.74 Å². The van der Waals surface area contributed by atoms with Gasteiger partial charge in [-0.15, -0.1) is 0 Å². The number of rotatable bonds is 6. The standard InChI is InChI=1S/C19H31N3O/c1-4-20-19(22-13-10-18(11-14-22)23-5-2)21-12-9-17-8-6-7-16(3)15-17/h6-8,15,18H,4-5,9-14H2,1-3H3,(H,20,21). The maximum absolute atomic E-state index is 5.73. The maximum atomic E-state index is 5.73. The minimum Gasteiger partial charge on any atom is -0.378 e. The molecule has 0 atom stereocenters. The summed E-state index contributed by atoms with van der Waals surface area (Å²) in [6.07, 6.45) is 3.60. The Morgan fingerprint density at radius 2 is 2.09 bits per heavy atom. The molecule has 1 heterocycles. The molecule has 1 aromatic carbocycles. The Morgan fingerprint density at radius 1 is 1.30 bits per heavy atom. The number of ether oxygens (including phenoxy) is 1. The monoisotopic (exact) mass is 317 g/mol. The highest BCUT2D eigenvalue weighted by molar-refractivity contribution is 5.80. The van der Waals surface area contributed by atoms with Crippen molar-refractivity contribution in [2.24, 2.45) is 4.99 Å². The van der Waals surface area contributed by atoms with Gasteiger partial charge in [-0.05, 0) is 45.6 Å². The number of hydrogen-bond donors (Lipinski definition) is 1. The Labute approximate surface area is 140 Å². The number of hydrogen-bond acceptors (Lipinski definition) is 2. The fourth-order valence-electron chi connectivity index (χ4n) is 3.05. The molecule has 1 aromatic rings. The lowest BCUT2D eigenvalue weighted by atomic mass is 10.1. The highest BCUT2D eigenvalue weighted by atomic mass is 16.5. The van der Waals surface area contributed by atoms with E-state index in [2.05, 4.69) is 55.3 Å². The zero-order valence-corrected chi connectivity index (χ0v) is 14.8. The van der Waals surface area contributed by atoms with Gasteiger partial charge in [0.05, 0.1) is 6.10 Å². The number of guanidine groups is 1. The Bertz CT molecular complexity index is 493. The first-order valence-corrected chi connectivity index (χ1v) is 8.93. The van der Waals surface area contributed by atoms with Gasteiger partial charge in [0.15, 0.2) is 5.96 Å². The molecule has 2 rings (SSSR count). The lowest BCUT2D eigenvalue weighted by Crippen LogP contribution is -2.47. The van der Waals surface area contributed by atoms with Gasteiger partial charge < -0.3 is 15.0 Å². The molecule has 1 aliphatic heterocycles. The van der Waals surface area contributed by atoms with Crippen LogP contribution in [0.4, 0.5) is 0 Å². The molecular formula is C19H31N3O. The van der Waals surface area contributed by atoms with Crippen molar-refractivity contribution in [1.82, 2.24) is 10.2 Å². The summed E-state index contributed by atoms with van der Waals surface area (Å²) < 4.78 is 5.73. The summed E-state index contributed by atoms with van der Waals surface area (Å²) in [5, 5.41) is 3.43. The van der Waals surface area contributed by atoms with Crippen molar-refractivity contribution in [2.45, 2.75) is 46.1 Å². The van der Waals surface area contributed by atoms with E-state index in [0.29, 0.717) is 6.10 Å². The van der Waals surface area contributed by atoms with Crippen molar-refractivity contribution in [3.8, 4) is 0 Å². The summed E-state index contributed by atoms with van der Waals surface area (Å²) in [5.41, 5.74) is 2.68. The molecule has 1 fully saturated rings. The molecule has 0 radical (unpaired) electrons. The molecule has 23 heavy (non-hydrogen) atoms. The van der Waals surface area contributed by atoms with E-state index in [0.717, 1.165) is 58.0 Å². The first-order valence-electron chi connectivity index (χ1n) is 8.93. The Kier molecular flexibility index (Phi) is 7.40. The van der Waals surface area contributed by atoms with Crippen LogP contribution in [0.15, 0.2) is 29.3 Å². The van der Waals surface area contributed by atoms with E-state index in [9.17, 15) is 0 Å². The van der Waals surface area contributed by atoms with Crippen LogP contribution < -0.4 is 5.32 Å². The maximum Gasteiger partial charge on any atom is 0.193 e. The number of benzene rings is 1. The highest BCUT2D eigenvalue weighted by Crippen LogP contribution is 2.14. The van der Waals surface area contributed by atoms with Crippen molar-refractivity contribution >= 4 is 5.96 Å². The van der Waals surface area contributed by atoms with Crippen LogP contribution in [-0.4, -0.2) is 49.7 Å². The molecule has 4 heteroatoms. The van der Waals surface area contributed by atoms with Crippen molar-refractivity contribution in [3.05, 3.63) is 35.4 Å². The fourth-order valence-corrected chi connectivity index (χ4v) is 3.05. The SMILES string of the molecule is CCNC(=NCCc1cccc(C)c1)N1CCC(OCC)CC1. The number of nitrogens with zero attached hydrogens (tertiary/aromatic N) is 2. The normalized spacial score (nSPS) is 16.7. The second-order valence-corrected chi connectivity index (χ2v) is 6.12. The summed E-state index contributed by atoms with van der Waals surface area (Å²) >= 11 is 0. The Balaban J connectivity index is 1.87. The summed E-state index contributed by atoms with van der Waals surface area (Å²) in [7, 11) is 0. The van der Waals surface area contributed by atoms with Crippen LogP contribution >= 0.6 is 0 Å². The van der Waals surface area contributed by atoms with Gasteiger partial charge >= 0.3 is 0 Å². The van der Waals surface area contributed by atoms with Crippen LogP contribution in [0.3, 0.4) is 0 Å². The van der Waals surface area contributed by atoms with E-state index >= 15 is 0 Å². The third-order valence-corrected chi connectivity index (χ3v) is 4.22. The molecule has 0 aliphatic carbocycles. The quantitative estimate of drug-likeness (QED) is 0.647. The molecule has 0 amide bonds. The van der Waals surface area contributed by atoms with Crippen LogP contribution in [0.25, 0.3) is 0 Å². The van der Waals surface area contributed by atoms with Gasteiger partial charge in [0, 0.05) is 32.8 Å². The molecule has 0 spiro atoms. The summed E-state index contributed by atoms with van der Waals surface area (Å²) in [6, 6.07) is 8.69. The molecule has 128 valence electrons. The predicted octanol–water partition coefficient (Wildman–Crippen LogP) is 3.00. The predicted molar refractivity (Wildman–Crippen MR) is 97.1 cm³/mol. The molecule has 0 unspecified atom stereocenters. The van der Waals surface area contributed by atoms with Gasteiger partial charge in [-0.25, -0.2) is 0 Å². The number of nitrogens with one attached hydrogen (secondary N) is 1. The van der Waals surface area contributed by atoms with Crippen LogP contribution in [0.1, 0.15) is 37.8 Å².